The van der Waals surface area contributed by atoms with Crippen molar-refractivity contribution < 1.29 is 0 Å². The number of rotatable bonds is 10. The molecule has 0 N–H and O–H groups in total. The summed E-state index contributed by atoms with van der Waals surface area (Å²) in [6, 6.07) is 95.0. The van der Waals surface area contributed by atoms with Crippen LogP contribution in [0.25, 0.3) is 55.6 Å². The van der Waals surface area contributed by atoms with Crippen molar-refractivity contribution in [2.75, 3.05) is 4.90 Å². The molecule has 10 aromatic rings. The van der Waals surface area contributed by atoms with E-state index < -0.39 is 5.41 Å². The molecule has 2 bridgehead atoms. The number of benzene rings is 10. The Bertz CT molecular complexity index is 3390. The molecule has 2 fully saturated rings. The second kappa shape index (κ2) is 17.3. The van der Waals surface area contributed by atoms with E-state index in [1.165, 1.54) is 109 Å². The fraction of sp³-hybridized carbons (Fsp3) is 0.118. The lowest BCUT2D eigenvalue weighted by Gasteiger charge is -2.35. The van der Waals surface area contributed by atoms with E-state index in [0.29, 0.717) is 5.92 Å². The van der Waals surface area contributed by atoms with Crippen molar-refractivity contribution >= 4 is 17.1 Å². The average molecular weight is 884 g/mol. The van der Waals surface area contributed by atoms with Gasteiger partial charge in [-0.05, 0) is 157 Å². The van der Waals surface area contributed by atoms with Crippen LogP contribution in [-0.4, -0.2) is 0 Å². The van der Waals surface area contributed by atoms with Crippen molar-refractivity contribution in [3.05, 3.63) is 283 Å². The van der Waals surface area contributed by atoms with Gasteiger partial charge in [0.1, 0.15) is 0 Å². The van der Waals surface area contributed by atoms with Gasteiger partial charge in [-0.15, -0.1) is 0 Å². The van der Waals surface area contributed by atoms with E-state index >= 15 is 0 Å². The Balaban J connectivity index is 0.988. The molecular weight excluding hydrogens is 831 g/mol. The van der Waals surface area contributed by atoms with E-state index in [-0.39, 0.29) is 0 Å². The molecule has 1 heteroatoms. The first-order valence-corrected chi connectivity index (χ1v) is 24.9. The van der Waals surface area contributed by atoms with Crippen LogP contribution in [0.4, 0.5) is 17.1 Å². The molecule has 0 aromatic heterocycles. The molecule has 1 nitrogen and oxygen atoms in total. The first kappa shape index (κ1) is 41.2. The Kier molecular flexibility index (Phi) is 10.3. The van der Waals surface area contributed by atoms with Crippen LogP contribution in [0.2, 0.25) is 0 Å². The van der Waals surface area contributed by atoms with E-state index in [1.54, 1.807) is 0 Å². The van der Waals surface area contributed by atoms with Gasteiger partial charge >= 0.3 is 0 Å². The molecule has 0 radical (unpaired) electrons. The monoisotopic (exact) mass is 883 g/mol. The molecule has 0 heterocycles. The zero-order valence-corrected chi connectivity index (χ0v) is 38.8. The molecule has 3 atom stereocenters. The lowest BCUT2D eigenvalue weighted by molar-refractivity contribution is 0.420. The Labute approximate surface area is 407 Å². The highest BCUT2D eigenvalue weighted by Crippen LogP contribution is 2.60. The van der Waals surface area contributed by atoms with Gasteiger partial charge in [-0.2, -0.15) is 0 Å². The van der Waals surface area contributed by atoms with E-state index in [4.69, 9.17) is 0 Å². The number of hydrogen-bond acceptors (Lipinski definition) is 1. The summed E-state index contributed by atoms with van der Waals surface area (Å²) in [5.74, 6) is 2.40. The zero-order valence-electron chi connectivity index (χ0n) is 38.8. The van der Waals surface area contributed by atoms with Gasteiger partial charge in [0, 0.05) is 17.1 Å². The van der Waals surface area contributed by atoms with Crippen LogP contribution >= 0.6 is 0 Å². The number of fused-ring (bicyclic) bond motifs is 5. The average Bonchev–Trinajstić information content (AvgIpc) is 4.16. The lowest BCUT2D eigenvalue weighted by Crippen LogP contribution is -2.28. The van der Waals surface area contributed by atoms with Crippen molar-refractivity contribution in [3.63, 3.8) is 0 Å². The van der Waals surface area contributed by atoms with Crippen LogP contribution in [0.5, 0.6) is 0 Å². The van der Waals surface area contributed by atoms with Crippen LogP contribution in [0.1, 0.15) is 59.4 Å². The molecule has 13 rings (SSSR count). The topological polar surface area (TPSA) is 3.24 Å². The van der Waals surface area contributed by atoms with Crippen LogP contribution in [-0.2, 0) is 5.41 Å². The third-order valence-corrected chi connectivity index (χ3v) is 15.9. The molecule has 0 saturated heterocycles. The Morgan fingerprint density at radius 1 is 0.333 bits per heavy atom. The normalized spacial score (nSPS) is 17.3. The third kappa shape index (κ3) is 6.98. The fourth-order valence-electron chi connectivity index (χ4n) is 12.8. The maximum absolute atomic E-state index is 2.51. The van der Waals surface area contributed by atoms with Crippen molar-refractivity contribution in [3.8, 4) is 55.6 Å². The minimum absolute atomic E-state index is 0.561. The predicted octanol–water partition coefficient (Wildman–Crippen LogP) is 18.1. The number of nitrogens with zero attached hydrogens (tertiary/aromatic N) is 1. The molecule has 330 valence electrons. The van der Waals surface area contributed by atoms with Gasteiger partial charge in [0.25, 0.3) is 0 Å². The predicted molar refractivity (Wildman–Crippen MR) is 288 cm³/mol. The summed E-state index contributed by atoms with van der Waals surface area (Å²) in [6.45, 7) is 0. The molecule has 69 heavy (non-hydrogen) atoms. The number of hydrogen-bond donors (Lipinski definition) is 0. The van der Waals surface area contributed by atoms with Gasteiger partial charge in [0.05, 0.1) is 5.41 Å². The van der Waals surface area contributed by atoms with Gasteiger partial charge in [0.2, 0.25) is 0 Å². The van der Waals surface area contributed by atoms with Gasteiger partial charge < -0.3 is 4.90 Å². The SMILES string of the molecule is c1ccc(-c2ccccc2-c2ccccc2-c2ccc(N(c3ccc(C4CC5CCC4C5)cc3)c3ccc4c(c3)C(c3ccccc3)(c3ccccc3)c3cccc(-c5ccccc5)c3-4)cc2)cc1. The minimum atomic E-state index is -0.561. The van der Waals surface area contributed by atoms with Crippen molar-refractivity contribution in [2.24, 2.45) is 11.8 Å². The highest BCUT2D eigenvalue weighted by molar-refractivity contribution is 5.97. The molecule has 0 amide bonds. The van der Waals surface area contributed by atoms with E-state index in [2.05, 4.69) is 260 Å². The van der Waals surface area contributed by atoms with E-state index in [0.717, 1.165) is 28.9 Å². The van der Waals surface area contributed by atoms with Crippen LogP contribution < -0.4 is 4.90 Å². The molecule has 3 aliphatic carbocycles. The summed E-state index contributed by atoms with van der Waals surface area (Å²) in [5.41, 5.74) is 21.9. The van der Waals surface area contributed by atoms with Crippen LogP contribution in [0.15, 0.2) is 255 Å². The largest absolute Gasteiger partial charge is 0.310 e. The summed E-state index contributed by atoms with van der Waals surface area (Å²) in [6.07, 6.45) is 5.53. The minimum Gasteiger partial charge on any atom is -0.310 e. The summed E-state index contributed by atoms with van der Waals surface area (Å²) in [5, 5.41) is 0. The van der Waals surface area contributed by atoms with Gasteiger partial charge in [-0.25, -0.2) is 0 Å². The summed E-state index contributed by atoms with van der Waals surface area (Å²) >= 11 is 0. The summed E-state index contributed by atoms with van der Waals surface area (Å²) < 4.78 is 0. The van der Waals surface area contributed by atoms with E-state index in [9.17, 15) is 0 Å². The molecule has 0 spiro atoms. The summed E-state index contributed by atoms with van der Waals surface area (Å²) in [4.78, 5) is 2.49. The van der Waals surface area contributed by atoms with Crippen LogP contribution in [0, 0.1) is 11.8 Å². The molecular formula is C68H53N. The lowest BCUT2D eigenvalue weighted by atomic mass is 9.67. The molecule has 10 aromatic carbocycles. The number of anilines is 3. The quantitative estimate of drug-likeness (QED) is 0.132. The second-order valence-electron chi connectivity index (χ2n) is 19.5. The Morgan fingerprint density at radius 3 is 1.36 bits per heavy atom. The highest BCUT2D eigenvalue weighted by atomic mass is 15.1. The second-order valence-corrected chi connectivity index (χ2v) is 19.5. The van der Waals surface area contributed by atoms with E-state index in [1.807, 2.05) is 0 Å². The standard InChI is InChI=1S/C68H53N/c1-5-18-48(19-6-1)58-26-13-15-28-61(58)62-29-16-14-27-59(62)50-34-38-55(39-35-50)69(56-40-36-51(37-41-56)64-45-47-32-33-52(64)44-47)57-42-43-63-66(46-57)68(53-22-9-3-10-23-53,54-24-11-4-12-25-54)65-31-17-30-60(67(63)65)49-20-7-2-8-21-49/h1-31,34-43,46-47,52,64H,32-33,44-45H2. The zero-order chi connectivity index (χ0) is 45.7. The maximum Gasteiger partial charge on any atom is 0.0714 e. The van der Waals surface area contributed by atoms with Crippen LogP contribution in [0.3, 0.4) is 0 Å². The Morgan fingerprint density at radius 2 is 0.812 bits per heavy atom. The van der Waals surface area contributed by atoms with Crippen molar-refractivity contribution in [2.45, 2.75) is 37.0 Å². The first-order valence-electron chi connectivity index (χ1n) is 24.9. The van der Waals surface area contributed by atoms with Crippen molar-refractivity contribution in [1.29, 1.82) is 0 Å². The molecule has 2 saturated carbocycles. The van der Waals surface area contributed by atoms with Gasteiger partial charge in [0.15, 0.2) is 0 Å². The van der Waals surface area contributed by atoms with Gasteiger partial charge in [-0.3, -0.25) is 0 Å². The first-order chi connectivity index (χ1) is 34.2. The van der Waals surface area contributed by atoms with Gasteiger partial charge in [-0.1, -0.05) is 225 Å². The Hall–Kier alpha value is -8.00. The highest BCUT2D eigenvalue weighted by Gasteiger charge is 2.47. The smallest absolute Gasteiger partial charge is 0.0714 e. The fourth-order valence-corrected chi connectivity index (χ4v) is 12.8. The maximum atomic E-state index is 2.51. The summed E-state index contributed by atoms with van der Waals surface area (Å²) in [7, 11) is 0. The third-order valence-electron chi connectivity index (χ3n) is 15.9. The van der Waals surface area contributed by atoms with Crippen molar-refractivity contribution in [1.82, 2.24) is 0 Å². The molecule has 3 aliphatic rings. The molecule has 3 unspecified atom stereocenters. The molecule has 0 aliphatic heterocycles.